The molecule has 1 aromatic carbocycles. The van der Waals surface area contributed by atoms with E-state index in [2.05, 4.69) is 15.5 Å². The van der Waals surface area contributed by atoms with Gasteiger partial charge in [-0.15, -0.1) is 10.2 Å². The first-order chi connectivity index (χ1) is 9.85. The van der Waals surface area contributed by atoms with Crippen LogP contribution >= 0.6 is 23.1 Å². The first-order valence-corrected chi connectivity index (χ1v) is 8.24. The van der Waals surface area contributed by atoms with Gasteiger partial charge in [-0.25, -0.2) is 0 Å². The van der Waals surface area contributed by atoms with Gasteiger partial charge < -0.3 is 14.8 Å². The van der Waals surface area contributed by atoms with Gasteiger partial charge >= 0.3 is 0 Å². The van der Waals surface area contributed by atoms with Gasteiger partial charge in [0, 0.05) is 12.3 Å². The van der Waals surface area contributed by atoms with E-state index in [4.69, 9.17) is 9.47 Å². The standard InChI is InChI=1S/C13H15N3O2S2/c1-2-14-12-15-16-13(20-12)19-8-9-7-17-10-5-3-4-6-11(10)18-9/h3-6,9H,2,7-8H2,1H3,(H,14,15)/t9-/m0/s1. The molecule has 7 heteroatoms. The third-order valence-corrected chi connectivity index (χ3v) is 4.84. The van der Waals surface area contributed by atoms with E-state index >= 15 is 0 Å². The van der Waals surface area contributed by atoms with Crippen molar-refractivity contribution >= 4 is 28.2 Å². The van der Waals surface area contributed by atoms with Crippen LogP contribution in [-0.4, -0.2) is 35.2 Å². The molecule has 0 bridgehead atoms. The Morgan fingerprint density at radius 3 is 3.05 bits per heavy atom. The molecule has 1 aliphatic rings. The van der Waals surface area contributed by atoms with E-state index < -0.39 is 0 Å². The van der Waals surface area contributed by atoms with E-state index in [1.54, 1.807) is 23.1 Å². The number of nitrogens with zero attached hydrogens (tertiary/aromatic N) is 2. The quantitative estimate of drug-likeness (QED) is 0.857. The molecule has 1 N–H and O–H groups in total. The Labute approximate surface area is 125 Å². The van der Waals surface area contributed by atoms with E-state index in [0.29, 0.717) is 6.61 Å². The van der Waals surface area contributed by atoms with E-state index in [1.807, 2.05) is 31.2 Å². The van der Waals surface area contributed by atoms with Crippen LogP contribution in [0.3, 0.4) is 0 Å². The highest BCUT2D eigenvalue weighted by Crippen LogP contribution is 2.33. The molecule has 0 spiro atoms. The Bertz CT molecular complexity index is 576. The van der Waals surface area contributed by atoms with Crippen molar-refractivity contribution in [2.75, 3.05) is 24.2 Å². The summed E-state index contributed by atoms with van der Waals surface area (Å²) in [5, 5.41) is 12.2. The smallest absolute Gasteiger partial charge is 0.206 e. The molecule has 2 heterocycles. The molecule has 0 amide bonds. The molecule has 0 aliphatic carbocycles. The van der Waals surface area contributed by atoms with E-state index in [-0.39, 0.29) is 6.10 Å². The molecule has 3 rings (SSSR count). The largest absolute Gasteiger partial charge is 0.486 e. The minimum atomic E-state index is 0.0429. The average molecular weight is 309 g/mol. The number of aromatic nitrogens is 2. The van der Waals surface area contributed by atoms with Gasteiger partial charge in [0.25, 0.3) is 0 Å². The Kier molecular flexibility index (Phi) is 4.27. The zero-order valence-electron chi connectivity index (χ0n) is 11.0. The average Bonchev–Trinajstić information content (AvgIpc) is 2.93. The van der Waals surface area contributed by atoms with Crippen molar-refractivity contribution in [3.05, 3.63) is 24.3 Å². The van der Waals surface area contributed by atoms with Crippen molar-refractivity contribution < 1.29 is 9.47 Å². The maximum atomic E-state index is 5.90. The summed E-state index contributed by atoms with van der Waals surface area (Å²) in [6.45, 7) is 3.47. The van der Waals surface area contributed by atoms with Gasteiger partial charge in [0.2, 0.25) is 5.13 Å². The molecule has 0 saturated heterocycles. The first-order valence-electron chi connectivity index (χ1n) is 6.44. The summed E-state index contributed by atoms with van der Waals surface area (Å²) in [4.78, 5) is 0. The Hall–Kier alpha value is -1.47. The van der Waals surface area contributed by atoms with Crippen molar-refractivity contribution in [1.29, 1.82) is 0 Å². The normalized spacial score (nSPS) is 16.9. The molecular weight excluding hydrogens is 294 g/mol. The molecule has 0 fully saturated rings. The number of hydrogen-bond donors (Lipinski definition) is 1. The monoisotopic (exact) mass is 309 g/mol. The second-order valence-corrected chi connectivity index (χ2v) is 6.46. The van der Waals surface area contributed by atoms with E-state index in [0.717, 1.165) is 33.3 Å². The molecule has 0 saturated carbocycles. The second kappa shape index (κ2) is 6.32. The van der Waals surface area contributed by atoms with Crippen molar-refractivity contribution in [2.45, 2.75) is 17.4 Å². The number of thioether (sulfide) groups is 1. The Balaban J connectivity index is 1.54. The van der Waals surface area contributed by atoms with Gasteiger partial charge in [0.1, 0.15) is 12.7 Å². The molecule has 5 nitrogen and oxygen atoms in total. The van der Waals surface area contributed by atoms with E-state index in [9.17, 15) is 0 Å². The highest BCUT2D eigenvalue weighted by molar-refractivity contribution is 8.01. The van der Waals surface area contributed by atoms with Crippen molar-refractivity contribution in [2.24, 2.45) is 0 Å². The molecule has 0 radical (unpaired) electrons. The molecule has 1 aromatic heterocycles. The minimum Gasteiger partial charge on any atom is -0.486 e. The Morgan fingerprint density at radius 1 is 1.35 bits per heavy atom. The minimum absolute atomic E-state index is 0.0429. The number of hydrogen-bond acceptors (Lipinski definition) is 7. The number of para-hydroxylation sites is 2. The van der Waals surface area contributed by atoms with Crippen LogP contribution in [0.1, 0.15) is 6.92 Å². The summed E-state index contributed by atoms with van der Waals surface area (Å²) in [5.74, 6) is 2.43. The van der Waals surface area contributed by atoms with Gasteiger partial charge in [0.05, 0.1) is 0 Å². The van der Waals surface area contributed by atoms with Crippen LogP contribution in [0.2, 0.25) is 0 Å². The fourth-order valence-corrected chi connectivity index (χ4v) is 3.61. The summed E-state index contributed by atoms with van der Waals surface area (Å²) in [5.41, 5.74) is 0. The SMILES string of the molecule is CCNc1nnc(SC[C@@H]2COc3ccccc3O2)s1. The molecule has 20 heavy (non-hydrogen) atoms. The molecule has 0 unspecified atom stereocenters. The van der Waals surface area contributed by atoms with E-state index in [1.165, 1.54) is 0 Å². The van der Waals surface area contributed by atoms with Crippen LogP contribution < -0.4 is 14.8 Å². The van der Waals surface area contributed by atoms with Crippen LogP contribution in [0.5, 0.6) is 11.5 Å². The van der Waals surface area contributed by atoms with Crippen LogP contribution in [0.4, 0.5) is 5.13 Å². The summed E-state index contributed by atoms with van der Waals surface area (Å²) >= 11 is 3.21. The van der Waals surface area contributed by atoms with Crippen molar-refractivity contribution in [3.8, 4) is 11.5 Å². The maximum Gasteiger partial charge on any atom is 0.206 e. The van der Waals surface area contributed by atoms with Gasteiger partial charge in [-0.3, -0.25) is 0 Å². The topological polar surface area (TPSA) is 56.3 Å². The summed E-state index contributed by atoms with van der Waals surface area (Å²) in [6, 6.07) is 7.75. The number of rotatable bonds is 5. The first kappa shape index (κ1) is 13.5. The van der Waals surface area contributed by atoms with Crippen LogP contribution in [0.15, 0.2) is 28.6 Å². The van der Waals surface area contributed by atoms with Crippen LogP contribution in [0.25, 0.3) is 0 Å². The molecule has 1 aliphatic heterocycles. The van der Waals surface area contributed by atoms with Gasteiger partial charge in [0.15, 0.2) is 15.8 Å². The van der Waals surface area contributed by atoms with Gasteiger partial charge in [-0.1, -0.05) is 35.2 Å². The molecular formula is C13H15N3O2S2. The number of ether oxygens (including phenoxy) is 2. The lowest BCUT2D eigenvalue weighted by Gasteiger charge is -2.25. The van der Waals surface area contributed by atoms with Crippen LogP contribution in [-0.2, 0) is 0 Å². The summed E-state index contributed by atoms with van der Waals surface area (Å²) in [7, 11) is 0. The summed E-state index contributed by atoms with van der Waals surface area (Å²) in [6.07, 6.45) is 0.0429. The fraction of sp³-hybridized carbons (Fsp3) is 0.385. The zero-order valence-corrected chi connectivity index (χ0v) is 12.7. The fourth-order valence-electron chi connectivity index (χ4n) is 1.80. The third-order valence-electron chi connectivity index (χ3n) is 2.69. The highest BCUT2D eigenvalue weighted by atomic mass is 32.2. The zero-order chi connectivity index (χ0) is 13.8. The van der Waals surface area contributed by atoms with Crippen molar-refractivity contribution in [1.82, 2.24) is 10.2 Å². The lowest BCUT2D eigenvalue weighted by Crippen LogP contribution is -2.31. The summed E-state index contributed by atoms with van der Waals surface area (Å²) < 4.78 is 12.5. The lowest BCUT2D eigenvalue weighted by atomic mass is 10.3. The number of anilines is 1. The third kappa shape index (κ3) is 3.16. The van der Waals surface area contributed by atoms with Gasteiger partial charge in [-0.05, 0) is 19.1 Å². The van der Waals surface area contributed by atoms with Gasteiger partial charge in [-0.2, -0.15) is 0 Å². The van der Waals surface area contributed by atoms with Crippen LogP contribution in [0, 0.1) is 0 Å². The number of benzene rings is 1. The highest BCUT2D eigenvalue weighted by Gasteiger charge is 2.21. The molecule has 2 aromatic rings. The number of nitrogens with one attached hydrogen (secondary N) is 1. The maximum absolute atomic E-state index is 5.90. The second-order valence-electron chi connectivity index (χ2n) is 4.21. The predicted molar refractivity (Wildman–Crippen MR) is 81.1 cm³/mol. The predicted octanol–water partition coefficient (Wildman–Crippen LogP) is 2.90. The Morgan fingerprint density at radius 2 is 2.20 bits per heavy atom. The lowest BCUT2D eigenvalue weighted by molar-refractivity contribution is 0.107. The van der Waals surface area contributed by atoms with Crippen molar-refractivity contribution in [3.63, 3.8) is 0 Å². The molecule has 1 atom stereocenters. The molecule has 106 valence electrons. The number of fused-ring (bicyclic) bond motifs is 1.